The molecule has 1 fully saturated rings. The van der Waals surface area contributed by atoms with Crippen LogP contribution in [0.3, 0.4) is 0 Å². The van der Waals surface area contributed by atoms with Crippen LogP contribution in [0.15, 0.2) is 35.3 Å². The number of hydrogen-bond donors (Lipinski definition) is 3. The quantitative estimate of drug-likeness (QED) is 0.466. The number of ether oxygens (including phenoxy) is 1. The minimum absolute atomic E-state index is 0.0183. The van der Waals surface area contributed by atoms with Gasteiger partial charge in [-0.1, -0.05) is 30.3 Å². The molecule has 1 saturated heterocycles. The number of nitrogens with zero attached hydrogens (tertiary/aromatic N) is 2. The number of benzene rings is 1. The molecule has 1 heterocycles. The Labute approximate surface area is 162 Å². The van der Waals surface area contributed by atoms with Crippen molar-refractivity contribution in [2.75, 3.05) is 45.9 Å². The average molecular weight is 376 g/mol. The molecular weight excluding hydrogens is 342 g/mol. The Morgan fingerprint density at radius 1 is 1.15 bits per heavy atom. The second kappa shape index (κ2) is 10.9. The van der Waals surface area contributed by atoms with Crippen LogP contribution in [0.2, 0.25) is 0 Å². The molecule has 0 bridgehead atoms. The highest BCUT2D eigenvalue weighted by Crippen LogP contribution is 2.14. The minimum atomic E-state index is -0.0940. The number of carbonyl (C=O) groups is 1. The van der Waals surface area contributed by atoms with Crippen LogP contribution in [-0.2, 0) is 16.1 Å². The number of amides is 1. The van der Waals surface area contributed by atoms with Gasteiger partial charge in [0.2, 0.25) is 5.91 Å². The third-order valence-electron chi connectivity index (χ3n) is 4.61. The fourth-order valence-electron chi connectivity index (χ4n) is 2.93. The molecular formula is C20H33N5O2. The third kappa shape index (κ3) is 7.56. The van der Waals surface area contributed by atoms with Crippen molar-refractivity contribution >= 4 is 11.9 Å². The lowest BCUT2D eigenvalue weighted by atomic mass is 10.0. The van der Waals surface area contributed by atoms with Crippen molar-refractivity contribution in [1.29, 1.82) is 0 Å². The second-order valence-corrected chi connectivity index (χ2v) is 7.22. The predicted octanol–water partition coefficient (Wildman–Crippen LogP) is 0.969. The summed E-state index contributed by atoms with van der Waals surface area (Å²) in [6.45, 7) is 12.0. The Morgan fingerprint density at radius 3 is 2.52 bits per heavy atom. The lowest BCUT2D eigenvalue weighted by Gasteiger charge is -2.41. The maximum absolute atomic E-state index is 12.1. The second-order valence-electron chi connectivity index (χ2n) is 7.22. The monoisotopic (exact) mass is 375 g/mol. The number of aliphatic imine (C=N–C) groups is 1. The van der Waals surface area contributed by atoms with Crippen molar-refractivity contribution in [3.05, 3.63) is 35.9 Å². The molecule has 0 aromatic heterocycles. The first-order chi connectivity index (χ1) is 13.0. The van der Waals surface area contributed by atoms with Gasteiger partial charge in [0, 0.05) is 38.3 Å². The summed E-state index contributed by atoms with van der Waals surface area (Å²) in [6.07, 6.45) is 0. The van der Waals surface area contributed by atoms with Crippen molar-refractivity contribution in [3.8, 4) is 0 Å². The first kappa shape index (κ1) is 21.2. The van der Waals surface area contributed by atoms with Gasteiger partial charge in [0.15, 0.2) is 5.96 Å². The molecule has 1 aliphatic heterocycles. The minimum Gasteiger partial charge on any atom is -0.379 e. The number of carbonyl (C=O) groups excluding carboxylic acids is 1. The summed E-state index contributed by atoms with van der Waals surface area (Å²) >= 11 is 0. The maximum atomic E-state index is 12.1. The number of morpholine rings is 1. The van der Waals surface area contributed by atoms with Crippen LogP contribution in [0.1, 0.15) is 26.3 Å². The molecule has 0 atom stereocenters. The van der Waals surface area contributed by atoms with Gasteiger partial charge in [-0.25, -0.2) is 4.99 Å². The molecule has 0 unspecified atom stereocenters. The van der Waals surface area contributed by atoms with Gasteiger partial charge in [0.1, 0.15) is 6.54 Å². The van der Waals surface area contributed by atoms with E-state index in [-0.39, 0.29) is 18.0 Å². The first-order valence-electron chi connectivity index (χ1n) is 9.67. The lowest BCUT2D eigenvalue weighted by molar-refractivity contribution is -0.119. The van der Waals surface area contributed by atoms with Gasteiger partial charge in [-0.2, -0.15) is 0 Å². The Bertz CT molecular complexity index is 598. The van der Waals surface area contributed by atoms with Crippen LogP contribution < -0.4 is 16.0 Å². The molecule has 7 nitrogen and oxygen atoms in total. The summed E-state index contributed by atoms with van der Waals surface area (Å²) < 4.78 is 5.44. The van der Waals surface area contributed by atoms with Crippen LogP contribution in [-0.4, -0.2) is 68.2 Å². The highest BCUT2D eigenvalue weighted by molar-refractivity contribution is 5.84. The summed E-state index contributed by atoms with van der Waals surface area (Å²) in [5, 5.41) is 9.46. The van der Waals surface area contributed by atoms with Crippen LogP contribution >= 0.6 is 0 Å². The Morgan fingerprint density at radius 2 is 1.85 bits per heavy atom. The third-order valence-corrected chi connectivity index (χ3v) is 4.61. The lowest BCUT2D eigenvalue weighted by Crippen LogP contribution is -2.56. The van der Waals surface area contributed by atoms with Crippen LogP contribution in [0.25, 0.3) is 0 Å². The number of rotatable bonds is 8. The van der Waals surface area contributed by atoms with Gasteiger partial charge >= 0.3 is 0 Å². The molecule has 1 aromatic carbocycles. The molecule has 1 amide bonds. The van der Waals surface area contributed by atoms with E-state index >= 15 is 0 Å². The summed E-state index contributed by atoms with van der Waals surface area (Å²) in [6, 6.07) is 9.86. The first-order valence-corrected chi connectivity index (χ1v) is 9.67. The normalized spacial score (nSPS) is 16.0. The molecule has 1 aromatic rings. The van der Waals surface area contributed by atoms with Crippen LogP contribution in [0.4, 0.5) is 0 Å². The maximum Gasteiger partial charge on any atom is 0.242 e. The Balaban J connectivity index is 1.81. The van der Waals surface area contributed by atoms with Gasteiger partial charge < -0.3 is 20.7 Å². The van der Waals surface area contributed by atoms with Crippen molar-refractivity contribution < 1.29 is 9.53 Å². The van der Waals surface area contributed by atoms with Crippen LogP contribution in [0.5, 0.6) is 0 Å². The molecule has 7 heteroatoms. The zero-order valence-electron chi connectivity index (χ0n) is 16.8. The van der Waals surface area contributed by atoms with Crippen molar-refractivity contribution in [2.24, 2.45) is 4.99 Å². The molecule has 0 spiro atoms. The highest BCUT2D eigenvalue weighted by atomic mass is 16.5. The molecule has 3 N–H and O–H groups in total. The SMILES string of the molecule is CCNC(=NCC(=O)NCc1ccccc1)NCC(C)(C)N1CCOCC1. The van der Waals surface area contributed by atoms with E-state index in [1.54, 1.807) is 0 Å². The summed E-state index contributed by atoms with van der Waals surface area (Å²) in [4.78, 5) is 18.9. The molecule has 27 heavy (non-hydrogen) atoms. The molecule has 150 valence electrons. The van der Waals surface area contributed by atoms with Gasteiger partial charge in [0.05, 0.1) is 13.2 Å². The van der Waals surface area contributed by atoms with E-state index in [0.717, 1.165) is 45.0 Å². The number of nitrogens with one attached hydrogen (secondary N) is 3. The van der Waals surface area contributed by atoms with E-state index < -0.39 is 0 Å². The van der Waals surface area contributed by atoms with Crippen molar-refractivity contribution in [1.82, 2.24) is 20.9 Å². The average Bonchev–Trinajstić information content (AvgIpc) is 2.70. The number of hydrogen-bond acceptors (Lipinski definition) is 4. The van der Waals surface area contributed by atoms with Crippen molar-refractivity contribution in [3.63, 3.8) is 0 Å². The van der Waals surface area contributed by atoms with E-state index in [1.165, 1.54) is 0 Å². The standard InChI is InChI=1S/C20H33N5O2/c1-4-21-19(24-16-20(2,3)25-10-12-27-13-11-25)23-15-18(26)22-14-17-8-6-5-7-9-17/h5-9H,4,10-16H2,1-3H3,(H,22,26)(H2,21,23,24). The largest absolute Gasteiger partial charge is 0.379 e. The smallest absolute Gasteiger partial charge is 0.242 e. The summed E-state index contributed by atoms with van der Waals surface area (Å²) in [5.74, 6) is 0.567. The van der Waals surface area contributed by atoms with E-state index in [0.29, 0.717) is 12.5 Å². The molecule has 2 rings (SSSR count). The summed E-state index contributed by atoms with van der Waals surface area (Å²) in [7, 11) is 0. The van der Waals surface area contributed by atoms with Gasteiger partial charge in [0.25, 0.3) is 0 Å². The zero-order chi connectivity index (χ0) is 19.5. The van der Waals surface area contributed by atoms with E-state index in [9.17, 15) is 4.79 Å². The van der Waals surface area contributed by atoms with E-state index in [4.69, 9.17) is 4.74 Å². The van der Waals surface area contributed by atoms with Crippen LogP contribution in [0, 0.1) is 0 Å². The molecule has 0 aliphatic carbocycles. The topological polar surface area (TPSA) is 78.0 Å². The van der Waals surface area contributed by atoms with Crippen molar-refractivity contribution in [2.45, 2.75) is 32.9 Å². The Hall–Kier alpha value is -2.12. The molecule has 0 saturated carbocycles. The van der Waals surface area contributed by atoms with Gasteiger partial charge in [-0.15, -0.1) is 0 Å². The van der Waals surface area contributed by atoms with E-state index in [2.05, 4.69) is 39.7 Å². The number of guanidine groups is 1. The van der Waals surface area contributed by atoms with Gasteiger partial charge in [-0.3, -0.25) is 9.69 Å². The highest BCUT2D eigenvalue weighted by Gasteiger charge is 2.28. The predicted molar refractivity (Wildman–Crippen MR) is 109 cm³/mol. The molecule has 1 aliphatic rings. The summed E-state index contributed by atoms with van der Waals surface area (Å²) in [5.41, 5.74) is 1.06. The fourth-order valence-corrected chi connectivity index (χ4v) is 2.93. The molecule has 0 radical (unpaired) electrons. The van der Waals surface area contributed by atoms with E-state index in [1.807, 2.05) is 37.3 Å². The zero-order valence-corrected chi connectivity index (χ0v) is 16.8. The fraction of sp³-hybridized carbons (Fsp3) is 0.600. The Kier molecular flexibility index (Phi) is 8.54. The van der Waals surface area contributed by atoms with Gasteiger partial charge in [-0.05, 0) is 26.3 Å².